The topological polar surface area (TPSA) is 46.9 Å². The number of hydrogen-bond donors (Lipinski definition) is 1. The minimum atomic E-state index is -0.277. The number of thioether (sulfide) groups is 1. The number of aromatic nitrogens is 2. The van der Waals surface area contributed by atoms with Gasteiger partial charge in [-0.05, 0) is 55.3 Å². The minimum Gasteiger partial charge on any atom is -0.306 e. The molecule has 0 atom stereocenters. The fourth-order valence-corrected chi connectivity index (χ4v) is 4.56. The molecule has 1 aliphatic heterocycles. The molecule has 0 saturated heterocycles. The van der Waals surface area contributed by atoms with Gasteiger partial charge in [0.2, 0.25) is 0 Å². The normalized spacial score (nSPS) is 12.9. The van der Waals surface area contributed by atoms with Gasteiger partial charge < -0.3 is 5.32 Å². The van der Waals surface area contributed by atoms with Crippen LogP contribution in [0.1, 0.15) is 32.7 Å². The lowest BCUT2D eigenvalue weighted by Gasteiger charge is -2.13. The van der Waals surface area contributed by atoms with Crippen molar-refractivity contribution in [2.75, 3.05) is 5.32 Å². The summed E-state index contributed by atoms with van der Waals surface area (Å²) in [6, 6.07) is 11.0. The molecule has 0 unspecified atom stereocenters. The van der Waals surface area contributed by atoms with Gasteiger partial charge in [0, 0.05) is 22.1 Å². The third kappa shape index (κ3) is 3.47. The zero-order chi connectivity index (χ0) is 19.1. The summed E-state index contributed by atoms with van der Waals surface area (Å²) in [7, 11) is 0. The number of carbonyl (C=O) groups excluding carboxylic acids is 1. The van der Waals surface area contributed by atoms with E-state index >= 15 is 0 Å². The molecule has 2 heterocycles. The van der Waals surface area contributed by atoms with Gasteiger partial charge in [-0.3, -0.25) is 4.79 Å². The average Bonchev–Trinajstić information content (AvgIpc) is 3.20. The molecule has 4 nitrogen and oxygen atoms in total. The van der Waals surface area contributed by atoms with Crippen LogP contribution in [-0.4, -0.2) is 15.7 Å². The standard InChI is InChI=1S/C20H17Cl2N3OS/c1-11-3-5-14(7-12(11)2)25-19(16-9-27-10-18(16)24-25)23-20(26)15-6-4-13(21)8-17(15)22/h3-8H,9-10H2,1-2H3,(H,23,26). The Morgan fingerprint density at radius 1 is 1.11 bits per heavy atom. The molecule has 0 bridgehead atoms. The van der Waals surface area contributed by atoms with Crippen molar-refractivity contribution in [2.45, 2.75) is 25.4 Å². The predicted molar refractivity (Wildman–Crippen MR) is 112 cm³/mol. The van der Waals surface area contributed by atoms with E-state index in [0.29, 0.717) is 21.4 Å². The Hall–Kier alpha value is -1.95. The van der Waals surface area contributed by atoms with Crippen LogP contribution in [0.4, 0.5) is 5.82 Å². The number of nitrogens with zero attached hydrogens (tertiary/aromatic N) is 2. The van der Waals surface area contributed by atoms with E-state index < -0.39 is 0 Å². The summed E-state index contributed by atoms with van der Waals surface area (Å²) < 4.78 is 1.82. The maximum atomic E-state index is 12.9. The van der Waals surface area contributed by atoms with Crippen LogP contribution in [0.2, 0.25) is 10.0 Å². The zero-order valence-corrected chi connectivity index (χ0v) is 17.2. The van der Waals surface area contributed by atoms with E-state index in [1.807, 2.05) is 10.7 Å². The second kappa shape index (κ2) is 7.23. The highest BCUT2D eigenvalue weighted by Gasteiger charge is 2.25. The largest absolute Gasteiger partial charge is 0.306 e. The van der Waals surface area contributed by atoms with Crippen LogP contribution in [0.5, 0.6) is 0 Å². The lowest BCUT2D eigenvalue weighted by atomic mass is 10.1. The van der Waals surface area contributed by atoms with Gasteiger partial charge in [-0.1, -0.05) is 29.3 Å². The van der Waals surface area contributed by atoms with Crippen molar-refractivity contribution in [3.8, 4) is 5.69 Å². The first-order valence-corrected chi connectivity index (χ1v) is 10.4. The molecule has 7 heteroatoms. The van der Waals surface area contributed by atoms with Crippen LogP contribution in [0, 0.1) is 13.8 Å². The Bertz CT molecular complexity index is 1060. The number of hydrogen-bond acceptors (Lipinski definition) is 3. The molecule has 0 aliphatic carbocycles. The summed E-state index contributed by atoms with van der Waals surface area (Å²) in [6.45, 7) is 4.14. The Morgan fingerprint density at radius 2 is 1.93 bits per heavy atom. The molecule has 27 heavy (non-hydrogen) atoms. The third-order valence-electron chi connectivity index (χ3n) is 4.69. The number of rotatable bonds is 3. The van der Waals surface area contributed by atoms with Gasteiger partial charge in [-0.2, -0.15) is 16.9 Å². The number of nitrogens with one attached hydrogen (secondary N) is 1. The molecular weight excluding hydrogens is 401 g/mol. The van der Waals surface area contributed by atoms with Crippen molar-refractivity contribution in [3.63, 3.8) is 0 Å². The van der Waals surface area contributed by atoms with Crippen LogP contribution < -0.4 is 5.32 Å². The zero-order valence-electron chi connectivity index (χ0n) is 14.8. The van der Waals surface area contributed by atoms with Crippen LogP contribution in [0.3, 0.4) is 0 Å². The molecule has 3 aromatic rings. The van der Waals surface area contributed by atoms with Crippen molar-refractivity contribution < 1.29 is 4.79 Å². The number of fused-ring (bicyclic) bond motifs is 1. The number of carbonyl (C=O) groups is 1. The fourth-order valence-electron chi connectivity index (χ4n) is 3.03. The molecule has 0 radical (unpaired) electrons. The van der Waals surface area contributed by atoms with E-state index in [1.165, 1.54) is 11.1 Å². The number of amides is 1. The molecule has 2 aromatic carbocycles. The Kier molecular flexibility index (Phi) is 4.93. The summed E-state index contributed by atoms with van der Waals surface area (Å²) in [5.41, 5.74) is 5.78. The summed E-state index contributed by atoms with van der Waals surface area (Å²) in [5, 5.41) is 8.58. The second-order valence-electron chi connectivity index (χ2n) is 6.53. The molecule has 0 fully saturated rings. The maximum absolute atomic E-state index is 12.9. The summed E-state index contributed by atoms with van der Waals surface area (Å²) in [4.78, 5) is 12.9. The minimum absolute atomic E-state index is 0.277. The highest BCUT2D eigenvalue weighted by Crippen LogP contribution is 2.36. The monoisotopic (exact) mass is 417 g/mol. The van der Waals surface area contributed by atoms with Crippen LogP contribution in [0.25, 0.3) is 5.69 Å². The van der Waals surface area contributed by atoms with E-state index in [4.69, 9.17) is 28.3 Å². The summed E-state index contributed by atoms with van der Waals surface area (Å²) in [6.07, 6.45) is 0. The van der Waals surface area contributed by atoms with Gasteiger partial charge in [0.1, 0.15) is 5.82 Å². The van der Waals surface area contributed by atoms with Gasteiger partial charge in [0.25, 0.3) is 5.91 Å². The first-order valence-electron chi connectivity index (χ1n) is 8.46. The Morgan fingerprint density at radius 3 is 2.67 bits per heavy atom. The first-order chi connectivity index (χ1) is 12.9. The van der Waals surface area contributed by atoms with E-state index in [0.717, 1.165) is 28.5 Å². The van der Waals surface area contributed by atoms with Gasteiger partial charge in [0.15, 0.2) is 0 Å². The quantitative estimate of drug-likeness (QED) is 0.585. The summed E-state index contributed by atoms with van der Waals surface area (Å²) >= 11 is 13.9. The van der Waals surface area contributed by atoms with Gasteiger partial charge in [-0.25, -0.2) is 4.68 Å². The number of halogens is 2. The number of anilines is 1. The molecule has 1 aliphatic rings. The first kappa shape index (κ1) is 18.4. The Labute approximate surface area is 171 Å². The molecule has 0 saturated carbocycles. The van der Waals surface area contributed by atoms with E-state index in [-0.39, 0.29) is 5.91 Å². The van der Waals surface area contributed by atoms with Crippen molar-refractivity contribution >= 4 is 46.7 Å². The lowest BCUT2D eigenvalue weighted by molar-refractivity contribution is 0.102. The van der Waals surface area contributed by atoms with E-state index in [9.17, 15) is 4.79 Å². The number of aryl methyl sites for hydroxylation is 2. The molecule has 1 aromatic heterocycles. The highest BCUT2D eigenvalue weighted by atomic mass is 35.5. The number of benzene rings is 2. The summed E-state index contributed by atoms with van der Waals surface area (Å²) in [5.74, 6) is 2.10. The molecule has 1 amide bonds. The molecule has 0 spiro atoms. The van der Waals surface area contributed by atoms with Crippen molar-refractivity contribution in [2.24, 2.45) is 0 Å². The van der Waals surface area contributed by atoms with Gasteiger partial charge in [-0.15, -0.1) is 0 Å². The van der Waals surface area contributed by atoms with Crippen molar-refractivity contribution in [1.82, 2.24) is 9.78 Å². The maximum Gasteiger partial charge on any atom is 0.258 e. The van der Waals surface area contributed by atoms with Crippen molar-refractivity contribution in [3.05, 3.63) is 74.4 Å². The second-order valence-corrected chi connectivity index (χ2v) is 8.35. The average molecular weight is 418 g/mol. The predicted octanol–water partition coefficient (Wildman–Crippen LogP) is 5.80. The molecule has 138 valence electrons. The molecule has 4 rings (SSSR count). The van der Waals surface area contributed by atoms with E-state index in [2.05, 4.69) is 31.3 Å². The fraction of sp³-hybridized carbons (Fsp3) is 0.200. The van der Waals surface area contributed by atoms with Crippen LogP contribution in [-0.2, 0) is 11.5 Å². The van der Waals surface area contributed by atoms with Crippen molar-refractivity contribution in [1.29, 1.82) is 0 Å². The smallest absolute Gasteiger partial charge is 0.258 e. The van der Waals surface area contributed by atoms with E-state index in [1.54, 1.807) is 30.0 Å². The lowest BCUT2D eigenvalue weighted by Crippen LogP contribution is -2.16. The van der Waals surface area contributed by atoms with Crippen LogP contribution in [0.15, 0.2) is 36.4 Å². The van der Waals surface area contributed by atoms with Gasteiger partial charge >= 0.3 is 0 Å². The molecule has 1 N–H and O–H groups in total. The highest BCUT2D eigenvalue weighted by molar-refractivity contribution is 7.98. The third-order valence-corrected chi connectivity index (χ3v) is 6.21. The van der Waals surface area contributed by atoms with Gasteiger partial charge in [0.05, 0.1) is 22.0 Å². The Balaban J connectivity index is 1.75. The molecular formula is C20H17Cl2N3OS. The van der Waals surface area contributed by atoms with Crippen LogP contribution >= 0.6 is 35.0 Å². The SMILES string of the molecule is Cc1ccc(-n2nc3c(c2NC(=O)c2ccc(Cl)cc2Cl)CSC3)cc1C.